The van der Waals surface area contributed by atoms with E-state index in [9.17, 15) is 0 Å². The fourth-order valence-corrected chi connectivity index (χ4v) is 10.4. The van der Waals surface area contributed by atoms with Crippen LogP contribution in [0.15, 0.2) is 194 Å². The van der Waals surface area contributed by atoms with Gasteiger partial charge in [-0.1, -0.05) is 117 Å². The molecule has 0 unspecified atom stereocenters. The first kappa shape index (κ1) is 35.3. The van der Waals surface area contributed by atoms with Crippen LogP contribution in [0, 0.1) is 0 Å². The molecule has 59 heavy (non-hydrogen) atoms. The van der Waals surface area contributed by atoms with Crippen LogP contribution in [-0.4, -0.2) is 4.57 Å². The second kappa shape index (κ2) is 14.2. The van der Waals surface area contributed by atoms with Crippen LogP contribution in [0.25, 0.3) is 27.5 Å². The van der Waals surface area contributed by atoms with Crippen molar-refractivity contribution in [2.75, 3.05) is 9.80 Å². The summed E-state index contributed by atoms with van der Waals surface area (Å²) in [7, 11) is 0. The Morgan fingerprint density at radius 2 is 0.915 bits per heavy atom. The van der Waals surface area contributed by atoms with Crippen LogP contribution >= 0.6 is 0 Å². The van der Waals surface area contributed by atoms with Crippen LogP contribution in [-0.2, 0) is 18.3 Å². The highest BCUT2D eigenvalue weighted by molar-refractivity contribution is 6.12. The third kappa shape index (κ3) is 5.79. The maximum Gasteiger partial charge on any atom is 0.0562 e. The van der Waals surface area contributed by atoms with Gasteiger partial charge < -0.3 is 14.4 Å². The van der Waals surface area contributed by atoms with Crippen LogP contribution in [0.1, 0.15) is 60.4 Å². The number of benzene rings is 8. The maximum atomic E-state index is 2.54. The molecule has 8 aromatic carbocycles. The summed E-state index contributed by atoms with van der Waals surface area (Å²) in [6.45, 7) is 4.61. The zero-order valence-electron chi connectivity index (χ0n) is 33.7. The molecule has 1 atom stereocenters. The molecule has 0 N–H and O–H groups in total. The molecule has 0 amide bonds. The van der Waals surface area contributed by atoms with Gasteiger partial charge in [0, 0.05) is 56.0 Å². The Morgan fingerprint density at radius 3 is 1.44 bits per heavy atom. The van der Waals surface area contributed by atoms with Crippen LogP contribution in [0.2, 0.25) is 0 Å². The molecule has 286 valence electrons. The summed E-state index contributed by atoms with van der Waals surface area (Å²) in [4.78, 5) is 4.88. The van der Waals surface area contributed by atoms with Crippen molar-refractivity contribution in [1.82, 2.24) is 4.57 Å². The van der Waals surface area contributed by atoms with Crippen LogP contribution in [0.3, 0.4) is 0 Å². The molecule has 2 aliphatic rings. The lowest BCUT2D eigenvalue weighted by Gasteiger charge is -2.31. The molecule has 3 nitrogen and oxygen atoms in total. The quantitative estimate of drug-likeness (QED) is 0.153. The van der Waals surface area contributed by atoms with E-state index in [4.69, 9.17) is 0 Å². The van der Waals surface area contributed by atoms with E-state index in [0.717, 1.165) is 37.1 Å². The Labute approximate surface area is 347 Å². The van der Waals surface area contributed by atoms with Crippen molar-refractivity contribution in [2.24, 2.45) is 0 Å². The number of aromatic nitrogens is 1. The van der Waals surface area contributed by atoms with Crippen molar-refractivity contribution in [2.45, 2.75) is 50.9 Å². The minimum Gasteiger partial charge on any atom is -0.310 e. The van der Waals surface area contributed by atoms with Gasteiger partial charge in [-0.15, -0.1) is 0 Å². The highest BCUT2D eigenvalue weighted by atomic mass is 15.1. The van der Waals surface area contributed by atoms with E-state index in [1.165, 1.54) is 78.1 Å². The minimum atomic E-state index is -0.0327. The van der Waals surface area contributed by atoms with Gasteiger partial charge in [-0.3, -0.25) is 0 Å². The average Bonchev–Trinajstić information content (AvgIpc) is 3.96. The predicted molar refractivity (Wildman–Crippen MR) is 248 cm³/mol. The Bertz CT molecular complexity index is 2920. The standard InChI is InChI=1S/C56H47N3/c1-39(2)49-24-15-25-53-55(49)50-31-30-48(38-54(50)59(53)45-22-13-6-14-23-45)58(44-20-11-5-12-21-44)47-29-27-41-33-35-56(52(41)37-47)34-32-40-26-28-46(36-51(40)56)57(42-16-7-3-8-17-42)43-18-9-4-10-19-43/h3-31,36-39H,32-35H2,1-2H3/t56-/m1/s1. The second-order valence-corrected chi connectivity index (χ2v) is 16.7. The molecule has 1 heterocycles. The first-order chi connectivity index (χ1) is 29.1. The summed E-state index contributed by atoms with van der Waals surface area (Å²) in [5.41, 5.74) is 18.0. The van der Waals surface area contributed by atoms with Gasteiger partial charge in [0.2, 0.25) is 0 Å². The summed E-state index contributed by atoms with van der Waals surface area (Å²) < 4.78 is 2.46. The van der Waals surface area contributed by atoms with Gasteiger partial charge in [0.05, 0.1) is 11.0 Å². The largest absolute Gasteiger partial charge is 0.310 e. The molecule has 1 spiro atoms. The van der Waals surface area contributed by atoms with Crippen molar-refractivity contribution < 1.29 is 0 Å². The molecule has 0 fully saturated rings. The lowest BCUT2D eigenvalue weighted by atomic mass is 9.76. The van der Waals surface area contributed by atoms with E-state index in [-0.39, 0.29) is 5.41 Å². The number of fused-ring (bicyclic) bond motifs is 7. The second-order valence-electron chi connectivity index (χ2n) is 16.7. The molecule has 9 aromatic rings. The van der Waals surface area contributed by atoms with Gasteiger partial charge in [0.25, 0.3) is 0 Å². The van der Waals surface area contributed by atoms with E-state index >= 15 is 0 Å². The van der Waals surface area contributed by atoms with Crippen molar-refractivity contribution in [3.8, 4) is 5.69 Å². The average molecular weight is 762 g/mol. The van der Waals surface area contributed by atoms with E-state index in [1.807, 2.05) is 0 Å². The Hall–Kier alpha value is -6.84. The lowest BCUT2D eigenvalue weighted by Crippen LogP contribution is -2.22. The van der Waals surface area contributed by atoms with Gasteiger partial charge in [0.15, 0.2) is 0 Å². The first-order valence-corrected chi connectivity index (χ1v) is 21.2. The minimum absolute atomic E-state index is 0.0327. The van der Waals surface area contributed by atoms with Crippen molar-refractivity contribution in [3.63, 3.8) is 0 Å². The Kier molecular flexibility index (Phi) is 8.51. The van der Waals surface area contributed by atoms with Crippen LogP contribution in [0.4, 0.5) is 34.1 Å². The zero-order valence-corrected chi connectivity index (χ0v) is 33.7. The molecule has 2 aliphatic carbocycles. The fourth-order valence-electron chi connectivity index (χ4n) is 10.4. The van der Waals surface area contributed by atoms with E-state index in [0.29, 0.717) is 5.92 Å². The number of para-hydroxylation sites is 4. The third-order valence-corrected chi connectivity index (χ3v) is 13.1. The van der Waals surface area contributed by atoms with Crippen molar-refractivity contribution in [3.05, 3.63) is 222 Å². The van der Waals surface area contributed by atoms with Crippen LogP contribution < -0.4 is 9.80 Å². The third-order valence-electron chi connectivity index (χ3n) is 13.1. The first-order valence-electron chi connectivity index (χ1n) is 21.2. The van der Waals surface area contributed by atoms with E-state index < -0.39 is 0 Å². The number of hydrogen-bond donors (Lipinski definition) is 0. The van der Waals surface area contributed by atoms with Gasteiger partial charge in [0.1, 0.15) is 0 Å². The highest BCUT2D eigenvalue weighted by Gasteiger charge is 2.45. The summed E-state index contributed by atoms with van der Waals surface area (Å²) >= 11 is 0. The van der Waals surface area contributed by atoms with Crippen LogP contribution in [0.5, 0.6) is 0 Å². The number of hydrogen-bond acceptors (Lipinski definition) is 2. The van der Waals surface area contributed by atoms with Crippen molar-refractivity contribution in [1.29, 1.82) is 0 Å². The molecule has 0 radical (unpaired) electrons. The zero-order chi connectivity index (χ0) is 39.5. The van der Waals surface area contributed by atoms with Gasteiger partial charge in [-0.25, -0.2) is 0 Å². The van der Waals surface area contributed by atoms with Gasteiger partial charge in [-0.2, -0.15) is 0 Å². The molecule has 0 saturated heterocycles. The SMILES string of the molecule is CC(C)c1cccc2c1c1ccc(N(c3ccccc3)c3ccc4c(c3)[C@]3(CCc5ccc(N(c6ccccc6)c6ccccc6)cc53)CC4)cc1n2-c1ccccc1. The fraction of sp³-hybridized carbons (Fsp3) is 0.143. The van der Waals surface area contributed by atoms with Gasteiger partial charge in [-0.05, 0) is 150 Å². The number of rotatable bonds is 8. The summed E-state index contributed by atoms with van der Waals surface area (Å²) in [5, 5.41) is 2.63. The molecule has 0 bridgehead atoms. The molecule has 3 heteroatoms. The smallest absolute Gasteiger partial charge is 0.0562 e. The highest BCUT2D eigenvalue weighted by Crippen LogP contribution is 2.55. The molecule has 0 saturated carbocycles. The maximum absolute atomic E-state index is 2.54. The summed E-state index contributed by atoms with van der Waals surface area (Å²) in [5.74, 6) is 0.407. The monoisotopic (exact) mass is 761 g/mol. The number of aryl methyl sites for hydroxylation is 2. The molecule has 1 aromatic heterocycles. The summed E-state index contributed by atoms with van der Waals surface area (Å²) in [6, 6.07) is 71.9. The number of anilines is 6. The number of nitrogens with zero attached hydrogens (tertiary/aromatic N) is 3. The van der Waals surface area contributed by atoms with E-state index in [2.05, 4.69) is 222 Å². The predicted octanol–water partition coefficient (Wildman–Crippen LogP) is 15.0. The van der Waals surface area contributed by atoms with E-state index in [1.54, 1.807) is 0 Å². The lowest BCUT2D eigenvalue weighted by molar-refractivity contribution is 0.507. The molecular formula is C56H47N3. The van der Waals surface area contributed by atoms with Crippen molar-refractivity contribution >= 4 is 55.9 Å². The van der Waals surface area contributed by atoms with Gasteiger partial charge >= 0.3 is 0 Å². The molecule has 11 rings (SSSR count). The molecular weight excluding hydrogens is 715 g/mol. The summed E-state index contributed by atoms with van der Waals surface area (Å²) in [6.07, 6.45) is 4.45. The Balaban J connectivity index is 1.07. The Morgan fingerprint density at radius 1 is 0.441 bits per heavy atom. The topological polar surface area (TPSA) is 11.4 Å². The molecule has 0 aliphatic heterocycles. The normalized spacial score (nSPS) is 15.6.